The van der Waals surface area contributed by atoms with Crippen molar-refractivity contribution in [3.63, 3.8) is 0 Å². The highest BCUT2D eigenvalue weighted by Gasteiger charge is 2.14. The lowest BCUT2D eigenvalue weighted by Gasteiger charge is -2.16. The van der Waals surface area contributed by atoms with Gasteiger partial charge in [-0.1, -0.05) is 45.9 Å². The molecule has 7 nitrogen and oxygen atoms in total. The number of methoxy groups -OCH3 is 1. The molecule has 1 heterocycles. The van der Waals surface area contributed by atoms with Crippen LogP contribution in [0.15, 0.2) is 52.1 Å². The Hall–Kier alpha value is -2.10. The van der Waals surface area contributed by atoms with Crippen LogP contribution in [0.2, 0.25) is 0 Å². The van der Waals surface area contributed by atoms with E-state index >= 15 is 0 Å². The molecule has 3 rings (SSSR count). The first-order valence-electron chi connectivity index (χ1n) is 8.90. The lowest BCUT2D eigenvalue weighted by atomic mass is 10.2. The molecule has 0 spiro atoms. The molecule has 1 N–H and O–H groups in total. The van der Waals surface area contributed by atoms with Gasteiger partial charge in [-0.25, -0.2) is 0 Å². The van der Waals surface area contributed by atoms with Crippen LogP contribution < -0.4 is 14.8 Å². The minimum Gasteiger partial charge on any atom is -0.493 e. The van der Waals surface area contributed by atoms with E-state index in [2.05, 4.69) is 36.8 Å². The molecule has 0 aliphatic heterocycles. The number of rotatable bonds is 10. The second-order valence-corrected chi connectivity index (χ2v) is 7.64. The summed E-state index contributed by atoms with van der Waals surface area (Å²) in [5.41, 5.74) is 1.99. The van der Waals surface area contributed by atoms with E-state index in [1.807, 2.05) is 49.4 Å². The van der Waals surface area contributed by atoms with E-state index in [0.29, 0.717) is 13.2 Å². The van der Waals surface area contributed by atoms with Crippen molar-refractivity contribution in [1.82, 2.24) is 25.5 Å². The van der Waals surface area contributed by atoms with Crippen molar-refractivity contribution in [2.45, 2.75) is 18.6 Å². The summed E-state index contributed by atoms with van der Waals surface area (Å²) in [5, 5.41) is 16.2. The molecule has 0 bridgehead atoms. The number of para-hydroxylation sites is 1. The van der Waals surface area contributed by atoms with Crippen LogP contribution in [0.4, 0.5) is 0 Å². The number of nitrogens with one attached hydrogen (secondary N) is 1. The molecule has 0 aliphatic carbocycles. The smallest absolute Gasteiger partial charge is 0.214 e. The van der Waals surface area contributed by atoms with E-state index in [4.69, 9.17) is 9.47 Å². The molecular weight excluding hydrogens is 442 g/mol. The van der Waals surface area contributed by atoms with Gasteiger partial charge in [0.2, 0.25) is 5.16 Å². The van der Waals surface area contributed by atoms with E-state index < -0.39 is 0 Å². The zero-order valence-electron chi connectivity index (χ0n) is 15.8. The van der Waals surface area contributed by atoms with Crippen LogP contribution in [0.1, 0.15) is 12.5 Å². The van der Waals surface area contributed by atoms with Crippen LogP contribution in [0, 0.1) is 0 Å². The largest absolute Gasteiger partial charge is 0.493 e. The van der Waals surface area contributed by atoms with Crippen LogP contribution in [-0.2, 0) is 6.54 Å². The number of aromatic nitrogens is 4. The van der Waals surface area contributed by atoms with Gasteiger partial charge in [0.05, 0.1) is 19.4 Å². The van der Waals surface area contributed by atoms with E-state index in [9.17, 15) is 0 Å². The van der Waals surface area contributed by atoms with E-state index in [1.54, 1.807) is 23.6 Å². The first-order valence-corrected chi connectivity index (χ1v) is 10.7. The van der Waals surface area contributed by atoms with Gasteiger partial charge in [0.25, 0.3) is 0 Å². The van der Waals surface area contributed by atoms with Gasteiger partial charge in [-0.15, -0.1) is 5.10 Å². The lowest BCUT2D eigenvalue weighted by Crippen LogP contribution is -2.18. The Morgan fingerprint density at radius 2 is 2.00 bits per heavy atom. The average molecular weight is 464 g/mol. The normalized spacial score (nSPS) is 10.8. The predicted octanol–water partition coefficient (Wildman–Crippen LogP) is 3.71. The highest BCUT2D eigenvalue weighted by atomic mass is 79.9. The Kier molecular flexibility index (Phi) is 7.70. The molecule has 0 saturated carbocycles. The number of ether oxygens (including phenoxy) is 2. The van der Waals surface area contributed by atoms with Gasteiger partial charge >= 0.3 is 0 Å². The Morgan fingerprint density at radius 3 is 2.75 bits per heavy atom. The van der Waals surface area contributed by atoms with Crippen LogP contribution in [-0.4, -0.2) is 46.2 Å². The maximum absolute atomic E-state index is 5.79. The van der Waals surface area contributed by atoms with E-state index in [-0.39, 0.29) is 0 Å². The first kappa shape index (κ1) is 20.6. The summed E-state index contributed by atoms with van der Waals surface area (Å²) in [7, 11) is 1.65. The maximum atomic E-state index is 5.79. The molecule has 3 aromatic rings. The quantitative estimate of drug-likeness (QED) is 0.362. The van der Waals surface area contributed by atoms with Gasteiger partial charge in [0.1, 0.15) is 0 Å². The van der Waals surface area contributed by atoms with Gasteiger partial charge in [-0.2, -0.15) is 4.68 Å². The highest BCUT2D eigenvalue weighted by Crippen LogP contribution is 2.36. The Labute approximate surface area is 176 Å². The zero-order chi connectivity index (χ0) is 19.8. The topological polar surface area (TPSA) is 74.1 Å². The SMILES string of the molecule is CCOc1c(OC)ccc(Br)c1CNCCSc1nnnn1-c1ccccc1. The summed E-state index contributed by atoms with van der Waals surface area (Å²) in [5.74, 6) is 2.34. The molecule has 0 amide bonds. The number of halogens is 1. The third-order valence-corrected chi connectivity index (χ3v) is 5.59. The fourth-order valence-electron chi connectivity index (χ4n) is 2.64. The number of benzene rings is 2. The van der Waals surface area contributed by atoms with Crippen molar-refractivity contribution in [3.05, 3.63) is 52.5 Å². The van der Waals surface area contributed by atoms with Crippen molar-refractivity contribution in [1.29, 1.82) is 0 Å². The summed E-state index contributed by atoms with van der Waals surface area (Å²) in [4.78, 5) is 0. The Morgan fingerprint density at radius 1 is 1.18 bits per heavy atom. The number of hydrogen-bond acceptors (Lipinski definition) is 7. The standard InChI is InChI=1S/C19H22BrN5O2S/c1-3-27-18-15(16(20)9-10-17(18)26-2)13-21-11-12-28-19-22-23-24-25(19)14-7-5-4-6-8-14/h4-10,21H,3,11-13H2,1-2H3. The third-order valence-electron chi connectivity index (χ3n) is 3.93. The molecule has 2 aromatic carbocycles. The second kappa shape index (κ2) is 10.4. The van der Waals surface area contributed by atoms with Crippen LogP contribution >= 0.6 is 27.7 Å². The second-order valence-electron chi connectivity index (χ2n) is 5.72. The van der Waals surface area contributed by atoms with E-state index in [1.165, 1.54) is 0 Å². The molecule has 0 atom stereocenters. The molecule has 0 fully saturated rings. The molecule has 28 heavy (non-hydrogen) atoms. The molecule has 148 valence electrons. The molecule has 9 heteroatoms. The fourth-order valence-corrected chi connectivity index (χ4v) is 3.88. The number of thioether (sulfide) groups is 1. The third kappa shape index (κ3) is 5.03. The summed E-state index contributed by atoms with van der Waals surface area (Å²) in [6, 6.07) is 13.7. The van der Waals surface area contributed by atoms with Crippen LogP contribution in [0.5, 0.6) is 11.5 Å². The fraction of sp³-hybridized carbons (Fsp3) is 0.316. The number of nitrogens with zero attached hydrogens (tertiary/aromatic N) is 4. The van der Waals surface area contributed by atoms with Gasteiger partial charge in [0, 0.05) is 28.9 Å². The highest BCUT2D eigenvalue weighted by molar-refractivity contribution is 9.10. The molecule has 0 aliphatic rings. The van der Waals surface area contributed by atoms with Crippen molar-refractivity contribution in [2.24, 2.45) is 0 Å². The Bertz CT molecular complexity index is 891. The van der Waals surface area contributed by atoms with Crippen molar-refractivity contribution in [2.75, 3.05) is 26.0 Å². The van der Waals surface area contributed by atoms with Crippen LogP contribution in [0.25, 0.3) is 5.69 Å². The summed E-state index contributed by atoms with van der Waals surface area (Å²) in [6.45, 7) is 4.00. The molecule has 0 saturated heterocycles. The number of tetrazole rings is 1. The van der Waals surface area contributed by atoms with Crippen molar-refractivity contribution in [3.8, 4) is 17.2 Å². The summed E-state index contributed by atoms with van der Waals surface area (Å²) in [6.07, 6.45) is 0. The van der Waals surface area contributed by atoms with Gasteiger partial charge in [0.15, 0.2) is 11.5 Å². The summed E-state index contributed by atoms with van der Waals surface area (Å²) >= 11 is 5.21. The first-order chi connectivity index (χ1) is 13.7. The average Bonchev–Trinajstić information content (AvgIpc) is 3.19. The van der Waals surface area contributed by atoms with Crippen molar-refractivity contribution < 1.29 is 9.47 Å². The minimum absolute atomic E-state index is 0.581. The lowest BCUT2D eigenvalue weighted by molar-refractivity contribution is 0.306. The maximum Gasteiger partial charge on any atom is 0.214 e. The van der Waals surface area contributed by atoms with Gasteiger partial charge < -0.3 is 14.8 Å². The monoisotopic (exact) mass is 463 g/mol. The zero-order valence-corrected chi connectivity index (χ0v) is 18.2. The number of hydrogen-bond donors (Lipinski definition) is 1. The predicted molar refractivity (Wildman–Crippen MR) is 113 cm³/mol. The molecule has 0 radical (unpaired) electrons. The summed E-state index contributed by atoms with van der Waals surface area (Å²) < 4.78 is 14.0. The molecule has 0 unspecified atom stereocenters. The van der Waals surface area contributed by atoms with E-state index in [0.717, 1.165) is 44.7 Å². The van der Waals surface area contributed by atoms with Gasteiger partial charge in [-0.3, -0.25) is 0 Å². The Balaban J connectivity index is 1.56. The molecule has 1 aromatic heterocycles. The van der Waals surface area contributed by atoms with Crippen LogP contribution in [0.3, 0.4) is 0 Å². The van der Waals surface area contributed by atoms with Gasteiger partial charge in [-0.05, 0) is 41.6 Å². The minimum atomic E-state index is 0.581. The molecular formula is C19H22BrN5O2S. The van der Waals surface area contributed by atoms with Crippen molar-refractivity contribution >= 4 is 27.7 Å².